The van der Waals surface area contributed by atoms with Crippen molar-refractivity contribution >= 4 is 11.1 Å². The lowest BCUT2D eigenvalue weighted by atomic mass is 10.3. The van der Waals surface area contributed by atoms with Crippen LogP contribution in [-0.2, 0) is 0 Å². The Morgan fingerprint density at radius 2 is 2.08 bits per heavy atom. The summed E-state index contributed by atoms with van der Waals surface area (Å²) in [6, 6.07) is 7.57. The van der Waals surface area contributed by atoms with Crippen LogP contribution in [0.25, 0.3) is 22.7 Å². The lowest BCUT2D eigenvalue weighted by Crippen LogP contribution is -1.85. The number of hydrogen-bond acceptors (Lipinski definition) is 4. The van der Waals surface area contributed by atoms with Gasteiger partial charge in [-0.3, -0.25) is 0 Å². The van der Waals surface area contributed by atoms with Crippen LogP contribution in [-0.4, -0.2) is 15.2 Å². The minimum atomic E-state index is 0.554. The van der Waals surface area contributed by atoms with E-state index in [1.165, 1.54) is 0 Å². The van der Waals surface area contributed by atoms with E-state index in [0.29, 0.717) is 11.6 Å². The SMILES string of the molecule is c1ccc2oc3cnnc-3nc2c1. The third-order valence-electron chi connectivity index (χ3n) is 1.86. The maximum Gasteiger partial charge on any atom is 0.219 e. The third-order valence-corrected chi connectivity index (χ3v) is 1.86. The Bertz CT molecular complexity index is 485. The minimum Gasteiger partial charge on any atom is -0.449 e. The molecule has 0 N–H and O–H groups in total. The Morgan fingerprint density at radius 3 is 3.08 bits per heavy atom. The van der Waals surface area contributed by atoms with Crippen LogP contribution in [0.2, 0.25) is 0 Å². The molecule has 1 aromatic carbocycles. The number of rotatable bonds is 0. The number of hydrogen-bond donors (Lipinski definition) is 0. The van der Waals surface area contributed by atoms with Crippen LogP contribution in [0.4, 0.5) is 0 Å². The van der Waals surface area contributed by atoms with E-state index in [2.05, 4.69) is 15.2 Å². The Hall–Kier alpha value is -1.97. The average Bonchev–Trinajstić information content (AvgIpc) is 2.61. The molecule has 0 fully saturated rings. The molecule has 4 nitrogen and oxygen atoms in total. The van der Waals surface area contributed by atoms with Crippen LogP contribution >= 0.6 is 0 Å². The first-order chi connectivity index (χ1) is 6.43. The predicted molar refractivity (Wildman–Crippen MR) is 46.2 cm³/mol. The summed E-state index contributed by atoms with van der Waals surface area (Å²) in [5.74, 6) is 1.18. The molecule has 2 heterocycles. The molecule has 0 radical (unpaired) electrons. The average molecular weight is 171 g/mol. The van der Waals surface area contributed by atoms with Crippen LogP contribution in [0.3, 0.4) is 0 Å². The molecule has 2 aliphatic heterocycles. The highest BCUT2D eigenvalue weighted by atomic mass is 16.3. The summed E-state index contributed by atoms with van der Waals surface area (Å²) in [6.45, 7) is 0. The van der Waals surface area contributed by atoms with Crippen LogP contribution in [0, 0.1) is 0 Å². The summed E-state index contributed by atoms with van der Waals surface area (Å²) in [6.07, 6.45) is 1.56. The van der Waals surface area contributed by atoms with Crippen molar-refractivity contribution in [2.75, 3.05) is 0 Å². The van der Waals surface area contributed by atoms with Gasteiger partial charge in [-0.15, -0.1) is 5.10 Å². The lowest BCUT2D eigenvalue weighted by Gasteiger charge is -1.97. The smallest absolute Gasteiger partial charge is 0.219 e. The van der Waals surface area contributed by atoms with Crippen molar-refractivity contribution in [3.63, 3.8) is 0 Å². The van der Waals surface area contributed by atoms with Gasteiger partial charge >= 0.3 is 0 Å². The number of aromatic nitrogens is 3. The molecule has 0 unspecified atom stereocenters. The summed E-state index contributed by atoms with van der Waals surface area (Å²) in [7, 11) is 0. The van der Waals surface area contributed by atoms with Gasteiger partial charge in [0.15, 0.2) is 11.3 Å². The third kappa shape index (κ3) is 0.885. The van der Waals surface area contributed by atoms with Gasteiger partial charge in [-0.05, 0) is 12.1 Å². The van der Waals surface area contributed by atoms with Crippen LogP contribution in [0.15, 0.2) is 34.9 Å². The number of benzene rings is 1. The standard InChI is InChI=1S/C9H5N3O/c1-2-4-7-6(3-1)11-9-8(13-7)5-10-12-9/h1-5H. The molecule has 3 rings (SSSR count). The first kappa shape index (κ1) is 6.54. The molecule has 0 saturated heterocycles. The van der Waals surface area contributed by atoms with Gasteiger partial charge in [-0.25, -0.2) is 4.98 Å². The van der Waals surface area contributed by atoms with Gasteiger partial charge in [-0.2, -0.15) is 5.10 Å². The van der Waals surface area contributed by atoms with Crippen molar-refractivity contribution in [3.05, 3.63) is 30.5 Å². The lowest BCUT2D eigenvalue weighted by molar-refractivity contribution is 0.613. The second kappa shape index (κ2) is 2.26. The van der Waals surface area contributed by atoms with Crippen LogP contribution in [0.1, 0.15) is 0 Å². The van der Waals surface area contributed by atoms with Crippen molar-refractivity contribution in [2.45, 2.75) is 0 Å². The highest BCUT2D eigenvalue weighted by Gasteiger charge is 2.10. The maximum atomic E-state index is 5.50. The second-order valence-corrected chi connectivity index (χ2v) is 2.71. The van der Waals surface area contributed by atoms with Crippen LogP contribution in [0.5, 0.6) is 0 Å². The zero-order valence-electron chi connectivity index (χ0n) is 6.64. The van der Waals surface area contributed by atoms with E-state index in [-0.39, 0.29) is 0 Å². The van der Waals surface area contributed by atoms with E-state index < -0.39 is 0 Å². The largest absolute Gasteiger partial charge is 0.449 e. The second-order valence-electron chi connectivity index (χ2n) is 2.71. The van der Waals surface area contributed by atoms with E-state index >= 15 is 0 Å². The fourth-order valence-electron chi connectivity index (χ4n) is 1.26. The molecule has 0 aromatic heterocycles. The number of fused-ring (bicyclic) bond motifs is 2. The Labute approximate surface area is 73.6 Å². The van der Waals surface area contributed by atoms with Gasteiger partial charge in [0.05, 0.1) is 6.20 Å². The summed E-state index contributed by atoms with van der Waals surface area (Å²) in [4.78, 5) is 4.27. The molecule has 0 saturated carbocycles. The summed E-state index contributed by atoms with van der Waals surface area (Å²) in [5, 5.41) is 7.53. The van der Waals surface area contributed by atoms with E-state index in [0.717, 1.165) is 11.1 Å². The highest BCUT2D eigenvalue weighted by Crippen LogP contribution is 2.21. The van der Waals surface area contributed by atoms with Gasteiger partial charge in [0.25, 0.3) is 0 Å². The first-order valence-corrected chi connectivity index (χ1v) is 3.90. The number of para-hydroxylation sites is 2. The quantitative estimate of drug-likeness (QED) is 0.516. The summed E-state index contributed by atoms with van der Waals surface area (Å²) < 4.78 is 5.50. The van der Waals surface area contributed by atoms with Gasteiger partial charge in [-0.1, -0.05) is 12.1 Å². The van der Waals surface area contributed by atoms with E-state index in [1.807, 2.05) is 24.3 Å². The van der Waals surface area contributed by atoms with E-state index in [9.17, 15) is 0 Å². The topological polar surface area (TPSA) is 51.8 Å². The predicted octanol–water partition coefficient (Wildman–Crippen LogP) is 1.72. The number of nitrogens with zero attached hydrogens (tertiary/aromatic N) is 3. The molecule has 0 amide bonds. The monoisotopic (exact) mass is 171 g/mol. The van der Waals surface area contributed by atoms with Crippen molar-refractivity contribution in [2.24, 2.45) is 0 Å². The molecular formula is C9H5N3O. The van der Waals surface area contributed by atoms with Gasteiger partial charge in [0.1, 0.15) is 5.52 Å². The Morgan fingerprint density at radius 1 is 1.15 bits per heavy atom. The summed E-state index contributed by atoms with van der Waals surface area (Å²) >= 11 is 0. The maximum absolute atomic E-state index is 5.50. The fourth-order valence-corrected chi connectivity index (χ4v) is 1.26. The fraction of sp³-hybridized carbons (Fsp3) is 0. The van der Waals surface area contributed by atoms with E-state index in [1.54, 1.807) is 6.20 Å². The summed E-state index contributed by atoms with van der Waals surface area (Å²) in [5.41, 5.74) is 1.56. The van der Waals surface area contributed by atoms with Crippen molar-refractivity contribution in [3.8, 4) is 11.6 Å². The zero-order chi connectivity index (χ0) is 8.67. The molecule has 2 aliphatic rings. The molecule has 0 spiro atoms. The molecule has 0 aliphatic carbocycles. The Kier molecular flexibility index (Phi) is 1.14. The van der Waals surface area contributed by atoms with Gasteiger partial charge < -0.3 is 4.42 Å². The minimum absolute atomic E-state index is 0.554. The van der Waals surface area contributed by atoms with Gasteiger partial charge in [0, 0.05) is 0 Å². The van der Waals surface area contributed by atoms with Gasteiger partial charge in [0.2, 0.25) is 5.82 Å². The van der Waals surface area contributed by atoms with Crippen LogP contribution < -0.4 is 0 Å². The molecular weight excluding hydrogens is 166 g/mol. The van der Waals surface area contributed by atoms with Crippen molar-refractivity contribution in [1.82, 2.24) is 15.2 Å². The first-order valence-electron chi connectivity index (χ1n) is 3.90. The van der Waals surface area contributed by atoms with Crippen molar-refractivity contribution < 1.29 is 4.42 Å². The molecule has 0 bridgehead atoms. The molecule has 0 atom stereocenters. The Balaban J connectivity index is 2.52. The highest BCUT2D eigenvalue weighted by molar-refractivity contribution is 5.74. The molecule has 4 heteroatoms. The molecule has 62 valence electrons. The van der Waals surface area contributed by atoms with Crippen molar-refractivity contribution in [1.29, 1.82) is 0 Å². The zero-order valence-corrected chi connectivity index (χ0v) is 6.64. The molecule has 13 heavy (non-hydrogen) atoms. The normalized spacial score (nSPS) is 11.1. The molecule has 1 aromatic rings. The van der Waals surface area contributed by atoms with E-state index in [4.69, 9.17) is 4.42 Å².